The number of nitrogens with zero attached hydrogens (tertiary/aromatic N) is 4. The number of hydrogen-bond donors (Lipinski definition) is 7. The van der Waals surface area contributed by atoms with Gasteiger partial charge in [-0.25, -0.2) is 19.6 Å². The number of anilines is 2. The molecule has 2 aromatic heterocycles. The quantitative estimate of drug-likeness (QED) is 0.0455. The first-order chi connectivity index (χ1) is 43.5. The maximum absolute atomic E-state index is 13.4. The van der Waals surface area contributed by atoms with Crippen LogP contribution in [0.15, 0.2) is 115 Å². The number of nitrogens with two attached hydrogens (primary N) is 2. The van der Waals surface area contributed by atoms with Gasteiger partial charge in [0.15, 0.2) is 5.78 Å². The molecule has 0 bridgehead atoms. The predicted octanol–water partition coefficient (Wildman–Crippen LogP) is 9.99. The number of nitrogen functional groups attached to an aromatic ring is 2. The highest BCUT2D eigenvalue weighted by atomic mass is 16.6. The molecule has 6 amide bonds. The number of ether oxygens (including phenoxy) is 2. The average Bonchev–Trinajstić information content (AvgIpc) is 0.959. The Morgan fingerprint density at radius 3 is 1.38 bits per heavy atom. The van der Waals surface area contributed by atoms with Crippen molar-refractivity contribution < 1.29 is 52.9 Å². The minimum absolute atomic E-state index is 0.0291. The Bertz CT molecular complexity index is 3300. The number of carbonyl (C=O) groups is 8. The molecule has 9 N–H and O–H groups in total. The molecular formula is C71H96N10O11. The Morgan fingerprint density at radius 1 is 0.543 bits per heavy atom. The molecule has 0 spiro atoms. The molecule has 496 valence electrons. The van der Waals surface area contributed by atoms with Gasteiger partial charge < -0.3 is 47.3 Å². The van der Waals surface area contributed by atoms with E-state index in [1.165, 1.54) is 22.3 Å². The van der Waals surface area contributed by atoms with Gasteiger partial charge in [0, 0.05) is 43.4 Å². The first kappa shape index (κ1) is 72.2. The van der Waals surface area contributed by atoms with Gasteiger partial charge in [0.1, 0.15) is 47.0 Å². The number of pyridine rings is 2. The normalized spacial score (nSPS) is 19.9. The summed E-state index contributed by atoms with van der Waals surface area (Å²) in [6, 6.07) is 33.5. The summed E-state index contributed by atoms with van der Waals surface area (Å²) in [6.45, 7) is 20.4. The summed E-state index contributed by atoms with van der Waals surface area (Å²) in [7, 11) is 0. The lowest BCUT2D eigenvalue weighted by molar-refractivity contribution is -0.142. The third-order valence-corrected chi connectivity index (χ3v) is 16.8. The third-order valence-electron chi connectivity index (χ3n) is 16.8. The van der Waals surface area contributed by atoms with Gasteiger partial charge in [-0.3, -0.25) is 38.6 Å². The van der Waals surface area contributed by atoms with E-state index in [0.29, 0.717) is 62.9 Å². The molecule has 92 heavy (non-hydrogen) atoms. The van der Waals surface area contributed by atoms with Crippen LogP contribution in [0, 0.1) is 19.8 Å². The van der Waals surface area contributed by atoms with E-state index in [1.54, 1.807) is 67.5 Å². The van der Waals surface area contributed by atoms with Crippen molar-refractivity contribution in [3.05, 3.63) is 154 Å². The number of benzene rings is 3. The number of piperidine rings is 2. The summed E-state index contributed by atoms with van der Waals surface area (Å²) in [4.78, 5) is 112. The van der Waals surface area contributed by atoms with Gasteiger partial charge in [0.25, 0.3) is 0 Å². The topological polar surface area (TPSA) is 308 Å². The Morgan fingerprint density at radius 2 is 0.957 bits per heavy atom. The van der Waals surface area contributed by atoms with Crippen molar-refractivity contribution in [2.75, 3.05) is 24.6 Å². The Labute approximate surface area is 541 Å². The third kappa shape index (κ3) is 22.2. The fourth-order valence-corrected chi connectivity index (χ4v) is 11.7. The van der Waals surface area contributed by atoms with Gasteiger partial charge >= 0.3 is 18.2 Å². The standard InChI is InChI=1S/C28H38N4O4.C23H30N4O2.C20H28N2O5/c1-18-20(12-14-25(29)30-18)11-13-24(33)19(2)31-26(34)23-17-22(21-9-7-6-8-10-21)15-16-32(23)27(35)36-28(3,4)5;1-15-20(11-12-21(24)26-15)14-25-22(28)16(2)27-23(29)19-10-6-9-18(13-19)17-7-4-3-5-8-17;1-13(18(24)25)21-17(23)16-12-15(14-8-6-5-7-9-14)10-11-22(16)19(26)27-20(2,3)4/h6-10,12,14,19,22-23H,11,13,15-17H2,1-5H3,(H2,29,30)(H,31,34);3-5,7-8,11-12,16,18-19H,6,9-10,13-14H2,1-2H3,(H2,24,26)(H,25,28)(H,27,29);5-9,13,15-16H,10-12H2,1-4H3,(H,21,23)(H,24,25)/t19-,22-,23+;16?,18-,19+;13-,15-,16+/m000/s1. The first-order valence-electron chi connectivity index (χ1n) is 32.0. The molecule has 9 atom stereocenters. The Balaban J connectivity index is 0.000000222. The molecule has 4 heterocycles. The van der Waals surface area contributed by atoms with E-state index in [1.807, 2.05) is 105 Å². The van der Waals surface area contributed by atoms with Crippen LogP contribution < -0.4 is 32.7 Å². The highest BCUT2D eigenvalue weighted by Gasteiger charge is 2.41. The molecule has 21 heteroatoms. The molecular weight excluding hydrogens is 1170 g/mol. The number of carboxylic acids is 1. The Hall–Kier alpha value is -8.88. The number of hydrogen-bond acceptors (Lipinski definition) is 14. The number of amides is 6. The second kappa shape index (κ2) is 33.4. The zero-order chi connectivity index (χ0) is 67.5. The first-order valence-corrected chi connectivity index (χ1v) is 32.0. The fourth-order valence-electron chi connectivity index (χ4n) is 11.7. The van der Waals surface area contributed by atoms with Crippen LogP contribution in [0.4, 0.5) is 21.2 Å². The summed E-state index contributed by atoms with van der Waals surface area (Å²) in [6.07, 6.45) is 5.88. The van der Waals surface area contributed by atoms with E-state index in [2.05, 4.69) is 43.4 Å². The number of rotatable bonds is 17. The summed E-state index contributed by atoms with van der Waals surface area (Å²) >= 11 is 0. The van der Waals surface area contributed by atoms with Crippen molar-refractivity contribution in [3.63, 3.8) is 0 Å². The van der Waals surface area contributed by atoms with E-state index >= 15 is 0 Å². The van der Waals surface area contributed by atoms with Gasteiger partial charge in [-0.2, -0.15) is 0 Å². The second-order valence-electron chi connectivity index (χ2n) is 26.3. The molecule has 1 unspecified atom stereocenters. The number of aryl methyl sites for hydroxylation is 3. The van der Waals surface area contributed by atoms with E-state index in [4.69, 9.17) is 26.0 Å². The molecule has 3 aliphatic rings. The lowest BCUT2D eigenvalue weighted by atomic mass is 9.77. The molecule has 2 aliphatic heterocycles. The molecule has 1 aliphatic carbocycles. The number of ketones is 1. The molecule has 0 radical (unpaired) electrons. The van der Waals surface area contributed by atoms with Crippen molar-refractivity contribution >= 4 is 59.2 Å². The van der Waals surface area contributed by atoms with Crippen molar-refractivity contribution in [3.8, 4) is 0 Å². The minimum Gasteiger partial charge on any atom is -0.480 e. The lowest BCUT2D eigenvalue weighted by Crippen LogP contribution is -2.56. The second-order valence-corrected chi connectivity index (χ2v) is 26.3. The van der Waals surface area contributed by atoms with Gasteiger partial charge in [-0.05, 0) is 185 Å². The fraction of sp³-hybridized carbons (Fsp3) is 0.493. The number of Topliss-reactive ketones (excluding diaryl/α,β-unsaturated/α-hetero) is 1. The van der Waals surface area contributed by atoms with E-state index in [-0.39, 0.29) is 47.7 Å². The summed E-state index contributed by atoms with van der Waals surface area (Å²) in [5.41, 5.74) is 17.0. The summed E-state index contributed by atoms with van der Waals surface area (Å²) in [5, 5.41) is 20.2. The number of nitrogens with one attached hydrogen (secondary N) is 4. The summed E-state index contributed by atoms with van der Waals surface area (Å²) < 4.78 is 11.0. The zero-order valence-electron chi connectivity index (χ0n) is 55.3. The number of carbonyl (C=O) groups excluding carboxylic acids is 7. The largest absolute Gasteiger partial charge is 0.480 e. The van der Waals surface area contributed by atoms with Crippen LogP contribution in [0.25, 0.3) is 0 Å². The monoisotopic (exact) mass is 1260 g/mol. The van der Waals surface area contributed by atoms with Gasteiger partial charge in [0.05, 0.1) is 6.04 Å². The van der Waals surface area contributed by atoms with Crippen molar-refractivity contribution in [2.24, 2.45) is 5.92 Å². The molecule has 1 saturated carbocycles. The molecule has 8 rings (SSSR count). The van der Waals surface area contributed by atoms with Crippen molar-refractivity contribution in [1.82, 2.24) is 41.0 Å². The van der Waals surface area contributed by atoms with Gasteiger partial charge in [0.2, 0.25) is 23.6 Å². The van der Waals surface area contributed by atoms with Crippen LogP contribution in [-0.4, -0.2) is 127 Å². The number of carboxylic acid groups (broad SMARTS) is 1. The smallest absolute Gasteiger partial charge is 0.410 e. The number of aliphatic carboxylic acids is 1. The molecule has 3 fully saturated rings. The van der Waals surface area contributed by atoms with Crippen LogP contribution in [0.1, 0.15) is 177 Å². The van der Waals surface area contributed by atoms with Crippen molar-refractivity contribution in [1.29, 1.82) is 0 Å². The Kier molecular flexibility index (Phi) is 26.2. The highest BCUT2D eigenvalue weighted by Crippen LogP contribution is 2.37. The van der Waals surface area contributed by atoms with E-state index < -0.39 is 65.5 Å². The molecule has 5 aromatic rings. The van der Waals surface area contributed by atoms with Crippen LogP contribution in [0.5, 0.6) is 0 Å². The van der Waals surface area contributed by atoms with E-state index in [9.17, 15) is 38.4 Å². The SMILES string of the molecule is C[C@H](NC(=O)[C@H]1C[C@@H](c2ccccc2)CCN1C(=O)OC(C)(C)C)C(=O)O.Cc1nc(N)ccc1CCC(=O)[C@H](C)NC(=O)[C@H]1C[C@@H](c2ccccc2)CCN1C(=O)OC(C)(C)C.Cc1nc(N)ccc1CNC(=O)C(C)NC(=O)[C@@H]1CCC[C@H](c2ccccc2)C1. The van der Waals surface area contributed by atoms with Crippen LogP contribution >= 0.6 is 0 Å². The lowest BCUT2D eigenvalue weighted by Gasteiger charge is -2.39. The highest BCUT2D eigenvalue weighted by molar-refractivity contribution is 5.93. The molecule has 2 saturated heterocycles. The van der Waals surface area contributed by atoms with Crippen LogP contribution in [-0.2, 0) is 51.2 Å². The maximum atomic E-state index is 13.4. The predicted molar refractivity (Wildman–Crippen MR) is 354 cm³/mol. The van der Waals surface area contributed by atoms with Gasteiger partial charge in [-0.15, -0.1) is 0 Å². The summed E-state index contributed by atoms with van der Waals surface area (Å²) in [5.74, 6) is -0.750. The molecule has 3 aromatic carbocycles. The van der Waals surface area contributed by atoms with Crippen molar-refractivity contribution in [2.45, 2.75) is 206 Å². The zero-order valence-corrected chi connectivity index (χ0v) is 55.3. The van der Waals surface area contributed by atoms with Crippen LogP contribution in [0.2, 0.25) is 0 Å². The number of aromatic nitrogens is 2. The average molecular weight is 1270 g/mol. The van der Waals surface area contributed by atoms with Crippen LogP contribution in [0.3, 0.4) is 0 Å². The van der Waals surface area contributed by atoms with Gasteiger partial charge in [-0.1, -0.05) is 110 Å². The maximum Gasteiger partial charge on any atom is 0.410 e. The van der Waals surface area contributed by atoms with E-state index in [0.717, 1.165) is 65.7 Å². The minimum atomic E-state index is -1.12. The molecule has 21 nitrogen and oxygen atoms in total. The number of likely N-dealkylation sites (tertiary alicyclic amines) is 2.